The third kappa shape index (κ3) is 3.01. The van der Waals surface area contributed by atoms with Crippen LogP contribution in [0, 0.1) is 6.92 Å². The van der Waals surface area contributed by atoms with Crippen LogP contribution in [0.2, 0.25) is 0 Å². The van der Waals surface area contributed by atoms with Gasteiger partial charge in [0.15, 0.2) is 0 Å². The van der Waals surface area contributed by atoms with E-state index < -0.39 is 0 Å². The molecule has 1 unspecified atom stereocenters. The number of hydrogen-bond donors (Lipinski definition) is 1. The quantitative estimate of drug-likeness (QED) is 0.920. The Bertz CT molecular complexity index is 489. The first-order valence-corrected chi connectivity index (χ1v) is 7.28. The minimum Gasteiger partial charge on any atom is -0.352 e. The van der Waals surface area contributed by atoms with E-state index in [1.54, 1.807) is 22.7 Å². The molecule has 0 saturated carbocycles. The number of hydrogen-bond acceptors (Lipinski definition) is 6. The molecule has 1 N–H and O–H groups in total. The molecule has 0 spiro atoms. The maximum atomic E-state index is 4.63. The van der Waals surface area contributed by atoms with Crippen LogP contribution in [0.1, 0.15) is 48.4 Å². The predicted molar refractivity (Wildman–Crippen MR) is 72.9 cm³/mol. The summed E-state index contributed by atoms with van der Waals surface area (Å²) in [6, 6.07) is 0.172. The van der Waals surface area contributed by atoms with Crippen molar-refractivity contribution in [2.24, 2.45) is 0 Å². The van der Waals surface area contributed by atoms with Crippen LogP contribution >= 0.6 is 22.7 Å². The zero-order valence-corrected chi connectivity index (χ0v) is 12.0. The molecule has 2 aromatic rings. The summed E-state index contributed by atoms with van der Waals surface area (Å²) in [5, 5.41) is 16.5. The molecule has 0 aliphatic carbocycles. The lowest BCUT2D eigenvalue weighted by atomic mass is 10.2. The second-order valence-corrected chi connectivity index (χ2v) is 6.33. The van der Waals surface area contributed by atoms with E-state index >= 15 is 0 Å². The van der Waals surface area contributed by atoms with Crippen molar-refractivity contribution in [1.82, 2.24) is 15.2 Å². The van der Waals surface area contributed by atoms with Crippen molar-refractivity contribution in [3.8, 4) is 0 Å². The van der Waals surface area contributed by atoms with Gasteiger partial charge in [0, 0.05) is 11.3 Å². The van der Waals surface area contributed by atoms with Gasteiger partial charge in [-0.05, 0) is 13.8 Å². The molecule has 0 bridgehead atoms. The van der Waals surface area contributed by atoms with Crippen LogP contribution in [0.4, 0.5) is 5.13 Å². The number of rotatable bonds is 4. The molecule has 0 aliphatic rings. The Labute approximate surface area is 109 Å². The van der Waals surface area contributed by atoms with Crippen LogP contribution in [0.15, 0.2) is 5.38 Å². The molecule has 17 heavy (non-hydrogen) atoms. The number of aromatic nitrogens is 3. The maximum absolute atomic E-state index is 4.63. The fraction of sp³-hybridized carbons (Fsp3) is 0.545. The van der Waals surface area contributed by atoms with E-state index in [9.17, 15) is 0 Å². The second kappa shape index (κ2) is 5.10. The molecule has 2 rings (SSSR count). The highest BCUT2D eigenvalue weighted by Crippen LogP contribution is 2.25. The fourth-order valence-corrected chi connectivity index (χ4v) is 2.99. The molecule has 0 saturated heterocycles. The first-order chi connectivity index (χ1) is 8.06. The van der Waals surface area contributed by atoms with Gasteiger partial charge in [-0.15, -0.1) is 21.5 Å². The van der Waals surface area contributed by atoms with Crippen LogP contribution in [0.5, 0.6) is 0 Å². The highest BCUT2D eigenvalue weighted by Gasteiger charge is 2.13. The van der Waals surface area contributed by atoms with Gasteiger partial charge in [-0.2, -0.15) is 0 Å². The highest BCUT2D eigenvalue weighted by atomic mass is 32.1. The molecule has 2 aromatic heterocycles. The van der Waals surface area contributed by atoms with Gasteiger partial charge in [-0.25, -0.2) is 4.98 Å². The Hall–Kier alpha value is -1.01. The lowest BCUT2D eigenvalue weighted by Crippen LogP contribution is -2.07. The third-order valence-corrected chi connectivity index (χ3v) is 4.28. The number of nitrogens with zero attached hydrogens (tertiary/aromatic N) is 3. The minimum atomic E-state index is 0.172. The summed E-state index contributed by atoms with van der Waals surface area (Å²) in [5.41, 5.74) is 1.08. The van der Waals surface area contributed by atoms with E-state index in [0.29, 0.717) is 5.92 Å². The SMILES string of the molecule is Cc1nnc(NC(C)c2csc(C(C)C)n2)s1. The number of thiazole rings is 1. The minimum absolute atomic E-state index is 0.172. The Morgan fingerprint density at radius 1 is 1.24 bits per heavy atom. The first kappa shape index (κ1) is 12.4. The van der Waals surface area contributed by atoms with Gasteiger partial charge >= 0.3 is 0 Å². The topological polar surface area (TPSA) is 50.7 Å². The average Bonchev–Trinajstić information content (AvgIpc) is 2.86. The number of aryl methyl sites for hydroxylation is 1. The highest BCUT2D eigenvalue weighted by molar-refractivity contribution is 7.15. The summed E-state index contributed by atoms with van der Waals surface area (Å²) >= 11 is 3.28. The van der Waals surface area contributed by atoms with Crippen LogP contribution in [-0.4, -0.2) is 15.2 Å². The van der Waals surface area contributed by atoms with Crippen LogP contribution in [0.3, 0.4) is 0 Å². The van der Waals surface area contributed by atoms with Crippen LogP contribution in [0.25, 0.3) is 0 Å². The number of anilines is 1. The lowest BCUT2D eigenvalue weighted by molar-refractivity contribution is 0.798. The molecular weight excluding hydrogens is 252 g/mol. The van der Waals surface area contributed by atoms with Crippen molar-refractivity contribution in [3.05, 3.63) is 21.1 Å². The molecule has 0 aliphatic heterocycles. The summed E-state index contributed by atoms with van der Waals surface area (Å²) in [6.45, 7) is 8.37. The van der Waals surface area contributed by atoms with Gasteiger partial charge in [0.25, 0.3) is 0 Å². The molecule has 0 aromatic carbocycles. The molecule has 92 valence electrons. The molecular formula is C11H16N4S2. The van der Waals surface area contributed by atoms with Gasteiger partial charge in [-0.1, -0.05) is 25.2 Å². The van der Waals surface area contributed by atoms with Crippen molar-refractivity contribution >= 4 is 27.8 Å². The summed E-state index contributed by atoms with van der Waals surface area (Å²) < 4.78 is 0. The molecule has 2 heterocycles. The fourth-order valence-electron chi connectivity index (χ4n) is 1.38. The van der Waals surface area contributed by atoms with Gasteiger partial charge in [-0.3, -0.25) is 0 Å². The smallest absolute Gasteiger partial charge is 0.206 e. The lowest BCUT2D eigenvalue weighted by Gasteiger charge is -2.09. The molecule has 0 fully saturated rings. The Morgan fingerprint density at radius 2 is 2.00 bits per heavy atom. The third-order valence-electron chi connectivity index (χ3n) is 2.34. The Balaban J connectivity index is 2.06. The molecule has 0 radical (unpaired) electrons. The Kier molecular flexibility index (Phi) is 3.73. The van der Waals surface area contributed by atoms with E-state index in [4.69, 9.17) is 0 Å². The Morgan fingerprint density at radius 3 is 2.53 bits per heavy atom. The maximum Gasteiger partial charge on any atom is 0.206 e. The van der Waals surface area contributed by atoms with E-state index in [-0.39, 0.29) is 6.04 Å². The molecule has 6 heteroatoms. The van der Waals surface area contributed by atoms with E-state index in [1.807, 2.05) is 6.92 Å². The number of nitrogens with one attached hydrogen (secondary N) is 1. The van der Waals surface area contributed by atoms with Crippen molar-refractivity contribution in [2.75, 3.05) is 5.32 Å². The van der Waals surface area contributed by atoms with Gasteiger partial charge in [0.05, 0.1) is 16.7 Å². The standard InChI is InChI=1S/C11H16N4S2/c1-6(2)10-13-9(5-16-10)7(3)12-11-15-14-8(4)17-11/h5-7H,1-4H3,(H,12,15). The molecule has 1 atom stereocenters. The zero-order valence-electron chi connectivity index (χ0n) is 10.4. The molecule has 0 amide bonds. The van der Waals surface area contributed by atoms with Gasteiger partial charge in [0.1, 0.15) is 5.01 Å². The van der Waals surface area contributed by atoms with E-state index in [0.717, 1.165) is 15.8 Å². The monoisotopic (exact) mass is 268 g/mol. The zero-order chi connectivity index (χ0) is 12.4. The summed E-state index contributed by atoms with van der Waals surface area (Å²) in [7, 11) is 0. The van der Waals surface area contributed by atoms with Gasteiger partial charge in [0.2, 0.25) is 5.13 Å². The average molecular weight is 268 g/mol. The molecule has 4 nitrogen and oxygen atoms in total. The summed E-state index contributed by atoms with van der Waals surface area (Å²) in [5.74, 6) is 0.490. The normalized spacial score (nSPS) is 13.0. The predicted octanol–water partition coefficient (Wildman–Crippen LogP) is 3.60. The van der Waals surface area contributed by atoms with Crippen molar-refractivity contribution < 1.29 is 0 Å². The van der Waals surface area contributed by atoms with Crippen molar-refractivity contribution in [2.45, 2.75) is 39.7 Å². The van der Waals surface area contributed by atoms with E-state index in [1.165, 1.54) is 5.01 Å². The van der Waals surface area contributed by atoms with E-state index in [2.05, 4.69) is 46.6 Å². The van der Waals surface area contributed by atoms with Crippen LogP contribution in [-0.2, 0) is 0 Å². The largest absolute Gasteiger partial charge is 0.352 e. The van der Waals surface area contributed by atoms with Crippen molar-refractivity contribution in [1.29, 1.82) is 0 Å². The summed E-state index contributed by atoms with van der Waals surface area (Å²) in [6.07, 6.45) is 0. The first-order valence-electron chi connectivity index (χ1n) is 5.58. The second-order valence-electron chi connectivity index (χ2n) is 4.26. The van der Waals surface area contributed by atoms with Gasteiger partial charge < -0.3 is 5.32 Å². The van der Waals surface area contributed by atoms with Crippen molar-refractivity contribution in [3.63, 3.8) is 0 Å². The van der Waals surface area contributed by atoms with Crippen LogP contribution < -0.4 is 5.32 Å². The summed E-state index contributed by atoms with van der Waals surface area (Å²) in [4.78, 5) is 4.63.